The SMILES string of the molecule is CCCCCCCC[CH2][Mo](=[O])(=[O])([CH2]CCCCCCCC)([CH2]CCCCCCCC)[O]c1ccccc1. The Hall–Kier alpha value is -0.692. The fourth-order valence-corrected chi connectivity index (χ4v) is 16.4. The molecule has 0 aliphatic rings. The summed E-state index contributed by atoms with van der Waals surface area (Å²) in [6.07, 6.45) is 23.6. The van der Waals surface area contributed by atoms with Gasteiger partial charge in [0.15, 0.2) is 0 Å². The van der Waals surface area contributed by atoms with Crippen molar-refractivity contribution in [2.75, 3.05) is 0 Å². The van der Waals surface area contributed by atoms with Gasteiger partial charge in [-0.25, -0.2) is 0 Å². The second-order valence-electron chi connectivity index (χ2n) is 11.7. The van der Waals surface area contributed by atoms with Gasteiger partial charge >= 0.3 is 230 Å². The normalized spacial score (nSPS) is 13.8. The molecular formula is C33H62MoO3. The van der Waals surface area contributed by atoms with Gasteiger partial charge in [-0.1, -0.05) is 0 Å². The van der Waals surface area contributed by atoms with Crippen LogP contribution in [-0.2, 0) is 20.7 Å². The van der Waals surface area contributed by atoms with E-state index in [-0.39, 0.29) is 14.4 Å². The van der Waals surface area contributed by atoms with Crippen LogP contribution in [0.4, 0.5) is 0 Å². The molecule has 0 atom stereocenters. The number of benzene rings is 1. The molecule has 0 saturated carbocycles. The Bertz CT molecular complexity index is 769. The maximum atomic E-state index is 15.2. The molecule has 0 amide bonds. The maximum absolute atomic E-state index is 15.2. The van der Waals surface area contributed by atoms with Gasteiger partial charge in [-0.15, -0.1) is 0 Å². The van der Waals surface area contributed by atoms with Gasteiger partial charge in [-0.2, -0.15) is 0 Å². The predicted octanol–water partition coefficient (Wildman–Crippen LogP) is 12.4. The van der Waals surface area contributed by atoms with Crippen molar-refractivity contribution in [2.24, 2.45) is 0 Å². The third kappa shape index (κ3) is 15.5. The molecule has 3 nitrogen and oxygen atoms in total. The Morgan fingerprint density at radius 2 is 0.757 bits per heavy atom. The molecule has 0 aliphatic carbocycles. The first-order valence-corrected chi connectivity index (χ1v) is 22.8. The molecule has 0 saturated heterocycles. The van der Waals surface area contributed by atoms with E-state index in [2.05, 4.69) is 20.8 Å². The Kier molecular flexibility index (Phi) is 17.2. The average Bonchev–Trinajstić information content (AvgIpc) is 2.88. The minimum absolute atomic E-state index is 0.246. The molecule has 0 fully saturated rings. The summed E-state index contributed by atoms with van der Waals surface area (Å²) >= 11 is -6.29. The summed E-state index contributed by atoms with van der Waals surface area (Å²) in [4.78, 5) is 0.738. The topological polar surface area (TPSA) is 43.4 Å². The van der Waals surface area contributed by atoms with E-state index in [1.54, 1.807) is 0 Å². The zero-order valence-electron chi connectivity index (χ0n) is 25.0. The Morgan fingerprint density at radius 1 is 0.459 bits per heavy atom. The summed E-state index contributed by atoms with van der Waals surface area (Å²) in [7, 11) is 0. The van der Waals surface area contributed by atoms with Crippen molar-refractivity contribution in [2.45, 2.75) is 170 Å². The number of unbranched alkanes of at least 4 members (excludes halogenated alkanes) is 18. The zero-order chi connectivity index (χ0) is 27.2. The molecule has 0 bridgehead atoms. The molecule has 1 aromatic carbocycles. The van der Waals surface area contributed by atoms with Gasteiger partial charge in [-0.3, -0.25) is 0 Å². The number of hydrogen-bond acceptors (Lipinski definition) is 3. The molecule has 1 rings (SSSR count). The standard InChI is InChI=1S/3C9H19.C6H6O.Mo.2O/c3*1-3-5-7-9-8-6-4-2;7-6-4-2-1-3-5-6;;;/h3*1,3-9H2,2H3;1-5,7H;;;/q;;;;+1;;/p-1. The molecule has 1 aromatic rings. The Balaban J connectivity index is 2.96. The first kappa shape index (κ1) is 34.3. The van der Waals surface area contributed by atoms with E-state index in [1.807, 2.05) is 30.3 Å². The van der Waals surface area contributed by atoms with Crippen LogP contribution in [-0.4, -0.2) is 0 Å². The van der Waals surface area contributed by atoms with E-state index in [0.29, 0.717) is 5.75 Å². The molecule has 218 valence electrons. The number of rotatable bonds is 26. The molecular weight excluding hydrogens is 540 g/mol. The van der Waals surface area contributed by atoms with E-state index in [1.165, 1.54) is 77.0 Å². The molecule has 0 aromatic heterocycles. The van der Waals surface area contributed by atoms with Crippen molar-refractivity contribution >= 4 is 0 Å². The van der Waals surface area contributed by atoms with Gasteiger partial charge in [0.05, 0.1) is 0 Å². The molecule has 37 heavy (non-hydrogen) atoms. The Morgan fingerprint density at radius 3 is 1.08 bits per heavy atom. The number of para-hydroxylation sites is 1. The van der Waals surface area contributed by atoms with Crippen molar-refractivity contribution in [3.8, 4) is 5.75 Å². The summed E-state index contributed by atoms with van der Waals surface area (Å²) < 4.78 is 36.9. The fourth-order valence-electron chi connectivity index (χ4n) is 5.51. The monoisotopic (exact) mass is 604 g/mol. The van der Waals surface area contributed by atoms with Crippen molar-refractivity contribution < 1.29 is 24.0 Å². The van der Waals surface area contributed by atoms with Gasteiger partial charge in [0.2, 0.25) is 0 Å². The van der Waals surface area contributed by atoms with E-state index in [9.17, 15) is 0 Å². The van der Waals surface area contributed by atoms with Crippen molar-refractivity contribution in [3.63, 3.8) is 0 Å². The first-order valence-electron chi connectivity index (χ1n) is 16.1. The second kappa shape index (κ2) is 18.6. The molecule has 0 radical (unpaired) electrons. The van der Waals surface area contributed by atoms with E-state index >= 15 is 6.80 Å². The summed E-state index contributed by atoms with van der Waals surface area (Å²) in [5, 5.41) is 0. The van der Waals surface area contributed by atoms with E-state index in [0.717, 1.165) is 57.8 Å². The van der Waals surface area contributed by atoms with Gasteiger partial charge in [-0.05, 0) is 0 Å². The molecule has 0 aliphatic heterocycles. The van der Waals surface area contributed by atoms with Crippen LogP contribution in [0.5, 0.6) is 5.75 Å². The first-order chi connectivity index (χ1) is 17.8. The second-order valence-corrected chi connectivity index (χ2v) is 24.4. The van der Waals surface area contributed by atoms with Crippen LogP contribution >= 0.6 is 0 Å². The summed E-state index contributed by atoms with van der Waals surface area (Å²) in [5.41, 5.74) is 0. The van der Waals surface area contributed by atoms with Crippen LogP contribution in [0.1, 0.15) is 156 Å². The van der Waals surface area contributed by atoms with Crippen molar-refractivity contribution in [3.05, 3.63) is 30.3 Å². The van der Waals surface area contributed by atoms with Gasteiger partial charge in [0, 0.05) is 0 Å². The van der Waals surface area contributed by atoms with Crippen molar-refractivity contribution in [1.82, 2.24) is 0 Å². The van der Waals surface area contributed by atoms with E-state index < -0.39 is 13.9 Å². The van der Waals surface area contributed by atoms with E-state index in [4.69, 9.17) is 3.39 Å². The summed E-state index contributed by atoms with van der Waals surface area (Å²) in [6.45, 7) is 6.71. The third-order valence-electron chi connectivity index (χ3n) is 7.94. The van der Waals surface area contributed by atoms with Crippen LogP contribution in [0.25, 0.3) is 0 Å². The zero-order valence-corrected chi connectivity index (χ0v) is 27.0. The predicted molar refractivity (Wildman–Crippen MR) is 157 cm³/mol. The quantitative estimate of drug-likeness (QED) is 0.0782. The average molecular weight is 603 g/mol. The van der Waals surface area contributed by atoms with Crippen LogP contribution in [0.3, 0.4) is 0 Å². The van der Waals surface area contributed by atoms with Gasteiger partial charge in [0.25, 0.3) is 0 Å². The molecule has 4 heteroatoms. The van der Waals surface area contributed by atoms with Crippen LogP contribution < -0.4 is 3.39 Å². The number of hydrogen-bond donors (Lipinski definition) is 0. The van der Waals surface area contributed by atoms with Gasteiger partial charge < -0.3 is 0 Å². The summed E-state index contributed by atoms with van der Waals surface area (Å²) in [5.74, 6) is 0.520. The summed E-state index contributed by atoms with van der Waals surface area (Å²) in [6, 6.07) is 9.38. The van der Waals surface area contributed by atoms with Crippen LogP contribution in [0.2, 0.25) is 14.4 Å². The van der Waals surface area contributed by atoms with Crippen LogP contribution in [0, 0.1) is 0 Å². The molecule has 0 spiro atoms. The minimum atomic E-state index is -6.29. The third-order valence-corrected chi connectivity index (χ3v) is 19.7. The van der Waals surface area contributed by atoms with Gasteiger partial charge in [0.1, 0.15) is 0 Å². The van der Waals surface area contributed by atoms with Crippen LogP contribution in [0.15, 0.2) is 30.3 Å². The molecule has 0 heterocycles. The fraction of sp³-hybridized carbons (Fsp3) is 0.818. The van der Waals surface area contributed by atoms with Crippen molar-refractivity contribution in [1.29, 1.82) is 0 Å². The Labute approximate surface area is 229 Å². The molecule has 0 N–H and O–H groups in total. The molecule has 0 unspecified atom stereocenters.